The number of nitriles is 1. The van der Waals surface area contributed by atoms with Gasteiger partial charge in [0.25, 0.3) is 0 Å². The number of para-hydroxylation sites is 1. The van der Waals surface area contributed by atoms with E-state index in [-0.39, 0.29) is 0 Å². The van der Waals surface area contributed by atoms with Crippen LogP contribution in [-0.4, -0.2) is 19.7 Å². The van der Waals surface area contributed by atoms with Gasteiger partial charge in [0, 0.05) is 12.3 Å². The van der Waals surface area contributed by atoms with Crippen LogP contribution >= 0.6 is 34.9 Å². The molecule has 0 saturated carbocycles. The van der Waals surface area contributed by atoms with Crippen molar-refractivity contribution in [2.75, 3.05) is 0 Å². The van der Waals surface area contributed by atoms with Gasteiger partial charge in [-0.05, 0) is 30.7 Å². The lowest BCUT2D eigenvalue weighted by molar-refractivity contribution is 0.659. The predicted octanol–water partition coefficient (Wildman–Crippen LogP) is 5.36. The zero-order valence-corrected chi connectivity index (χ0v) is 17.7. The Morgan fingerprint density at radius 1 is 1.04 bits per heavy atom. The fourth-order valence-electron chi connectivity index (χ4n) is 2.79. The van der Waals surface area contributed by atoms with Gasteiger partial charge in [-0.3, -0.25) is 0 Å². The highest BCUT2D eigenvalue weighted by Gasteiger charge is 2.14. The molecule has 2 aromatic heterocycles. The highest BCUT2D eigenvalue weighted by molar-refractivity contribution is 8.00. The largest absolute Gasteiger partial charge is 0.306 e. The number of aromatic nitrogens is 4. The van der Waals surface area contributed by atoms with E-state index in [1.165, 1.54) is 4.70 Å². The highest BCUT2D eigenvalue weighted by Crippen LogP contribution is 2.32. The van der Waals surface area contributed by atoms with E-state index in [0.29, 0.717) is 11.3 Å². The molecule has 0 amide bonds. The van der Waals surface area contributed by atoms with Crippen molar-refractivity contribution in [3.05, 3.63) is 65.5 Å². The number of hydrogen-bond donors (Lipinski definition) is 0. The number of nitrogens with zero attached hydrogens (tertiary/aromatic N) is 5. The van der Waals surface area contributed by atoms with E-state index >= 15 is 0 Å². The van der Waals surface area contributed by atoms with Gasteiger partial charge in [-0.15, -0.1) is 21.5 Å². The SMILES string of the molecule is CCn1c(CSc2nc3ccccc3s2)nnc1SCc1ccccc1C#N. The Morgan fingerprint density at radius 2 is 1.86 bits per heavy atom. The van der Waals surface area contributed by atoms with Gasteiger partial charge in [-0.2, -0.15) is 5.26 Å². The zero-order chi connectivity index (χ0) is 19.3. The van der Waals surface area contributed by atoms with Crippen molar-refractivity contribution >= 4 is 45.1 Å². The van der Waals surface area contributed by atoms with Crippen LogP contribution in [-0.2, 0) is 18.1 Å². The summed E-state index contributed by atoms with van der Waals surface area (Å²) >= 11 is 5.02. The van der Waals surface area contributed by atoms with E-state index in [4.69, 9.17) is 0 Å². The smallest absolute Gasteiger partial charge is 0.191 e. The fourth-order valence-corrected chi connectivity index (χ4v) is 5.82. The van der Waals surface area contributed by atoms with Gasteiger partial charge < -0.3 is 4.57 Å². The molecule has 140 valence electrons. The van der Waals surface area contributed by atoms with Crippen LogP contribution in [0.5, 0.6) is 0 Å². The second kappa shape index (κ2) is 8.78. The third-order valence-electron chi connectivity index (χ3n) is 4.20. The standard InChI is InChI=1S/C20H17N5S3/c1-2-25-18(13-27-20-22-16-9-5-6-10-17(16)28-20)23-24-19(25)26-12-15-8-4-3-7-14(15)11-21/h3-10H,2,12-13H2,1H3. The van der Waals surface area contributed by atoms with Crippen LogP contribution in [0, 0.1) is 11.3 Å². The first-order chi connectivity index (χ1) is 13.8. The summed E-state index contributed by atoms with van der Waals surface area (Å²) in [5, 5.41) is 18.9. The van der Waals surface area contributed by atoms with Gasteiger partial charge in [0.2, 0.25) is 0 Å². The van der Waals surface area contributed by atoms with Crippen LogP contribution in [0.2, 0.25) is 0 Å². The lowest BCUT2D eigenvalue weighted by Crippen LogP contribution is -2.02. The average molecular weight is 424 g/mol. The van der Waals surface area contributed by atoms with Crippen molar-refractivity contribution in [2.24, 2.45) is 0 Å². The third-order valence-corrected chi connectivity index (χ3v) is 7.39. The second-order valence-electron chi connectivity index (χ2n) is 5.94. The van der Waals surface area contributed by atoms with E-state index in [1.54, 1.807) is 34.9 Å². The van der Waals surface area contributed by atoms with Gasteiger partial charge in [0.05, 0.1) is 27.6 Å². The maximum Gasteiger partial charge on any atom is 0.191 e. The summed E-state index contributed by atoms with van der Waals surface area (Å²) < 4.78 is 4.39. The van der Waals surface area contributed by atoms with Gasteiger partial charge in [0.15, 0.2) is 9.50 Å². The van der Waals surface area contributed by atoms with Crippen molar-refractivity contribution < 1.29 is 0 Å². The highest BCUT2D eigenvalue weighted by atomic mass is 32.2. The minimum Gasteiger partial charge on any atom is -0.306 e. The lowest BCUT2D eigenvalue weighted by Gasteiger charge is -2.07. The molecule has 0 saturated heterocycles. The zero-order valence-electron chi connectivity index (χ0n) is 15.2. The molecule has 0 aliphatic carbocycles. The van der Waals surface area contributed by atoms with Crippen molar-refractivity contribution in [1.29, 1.82) is 5.26 Å². The third kappa shape index (κ3) is 4.07. The molecule has 4 rings (SSSR count). The summed E-state index contributed by atoms with van der Waals surface area (Å²) in [4.78, 5) is 4.67. The minimum atomic E-state index is 0.701. The molecule has 0 unspecified atom stereocenters. The Morgan fingerprint density at radius 3 is 2.68 bits per heavy atom. The van der Waals surface area contributed by atoms with Gasteiger partial charge in [0.1, 0.15) is 5.82 Å². The lowest BCUT2D eigenvalue weighted by atomic mass is 10.1. The maximum absolute atomic E-state index is 9.25. The summed E-state index contributed by atoms with van der Waals surface area (Å²) in [6, 6.07) is 18.1. The molecule has 0 aliphatic heterocycles. The van der Waals surface area contributed by atoms with Crippen LogP contribution < -0.4 is 0 Å². The topological polar surface area (TPSA) is 67.4 Å². The second-order valence-corrected chi connectivity index (χ2v) is 9.13. The van der Waals surface area contributed by atoms with Crippen molar-refractivity contribution in [1.82, 2.24) is 19.7 Å². The molecule has 4 aromatic rings. The van der Waals surface area contributed by atoms with E-state index in [0.717, 1.165) is 38.7 Å². The van der Waals surface area contributed by atoms with Crippen LogP contribution in [0.3, 0.4) is 0 Å². The van der Waals surface area contributed by atoms with E-state index in [1.807, 2.05) is 42.5 Å². The molecular weight excluding hydrogens is 406 g/mol. The number of thiazole rings is 1. The molecule has 0 radical (unpaired) electrons. The molecule has 0 spiro atoms. The van der Waals surface area contributed by atoms with Gasteiger partial charge in [-0.1, -0.05) is 53.9 Å². The summed E-state index contributed by atoms with van der Waals surface area (Å²) in [6.07, 6.45) is 0. The number of fused-ring (bicyclic) bond motifs is 1. The number of rotatable bonds is 7. The molecule has 0 N–H and O–H groups in total. The predicted molar refractivity (Wildman–Crippen MR) is 116 cm³/mol. The summed E-state index contributed by atoms with van der Waals surface area (Å²) in [5.74, 6) is 2.38. The first-order valence-electron chi connectivity index (χ1n) is 8.79. The van der Waals surface area contributed by atoms with Gasteiger partial charge in [-0.25, -0.2) is 4.98 Å². The Labute approximate surface area is 175 Å². The van der Waals surface area contributed by atoms with Crippen LogP contribution in [0.15, 0.2) is 58.0 Å². The molecule has 2 aromatic carbocycles. The van der Waals surface area contributed by atoms with E-state index in [9.17, 15) is 5.26 Å². The summed E-state index contributed by atoms with van der Waals surface area (Å²) in [6.45, 7) is 2.91. The average Bonchev–Trinajstić information content (AvgIpc) is 3.33. The van der Waals surface area contributed by atoms with Crippen LogP contribution in [0.1, 0.15) is 23.9 Å². The fraction of sp³-hybridized carbons (Fsp3) is 0.200. The van der Waals surface area contributed by atoms with Crippen molar-refractivity contribution in [3.8, 4) is 6.07 Å². The van der Waals surface area contributed by atoms with Crippen LogP contribution in [0.4, 0.5) is 0 Å². The molecule has 8 heteroatoms. The number of benzene rings is 2. The van der Waals surface area contributed by atoms with E-state index in [2.05, 4.69) is 38.8 Å². The minimum absolute atomic E-state index is 0.701. The van der Waals surface area contributed by atoms with Gasteiger partial charge >= 0.3 is 0 Å². The molecular formula is C20H17N5S3. The quantitative estimate of drug-likeness (QED) is 0.373. The summed E-state index contributed by atoms with van der Waals surface area (Å²) in [7, 11) is 0. The number of hydrogen-bond acceptors (Lipinski definition) is 7. The Bertz CT molecular complexity index is 1110. The Hall–Kier alpha value is -2.34. The summed E-state index contributed by atoms with van der Waals surface area (Å²) in [5.41, 5.74) is 2.77. The monoisotopic (exact) mass is 423 g/mol. The normalized spacial score (nSPS) is 11.0. The van der Waals surface area contributed by atoms with E-state index < -0.39 is 0 Å². The molecule has 0 bridgehead atoms. The molecule has 28 heavy (non-hydrogen) atoms. The number of thioether (sulfide) groups is 2. The van der Waals surface area contributed by atoms with Crippen LogP contribution in [0.25, 0.3) is 10.2 Å². The molecule has 0 aliphatic rings. The first-order valence-corrected chi connectivity index (χ1v) is 11.6. The first kappa shape index (κ1) is 19.0. The van der Waals surface area contributed by atoms with Crippen molar-refractivity contribution in [3.63, 3.8) is 0 Å². The molecule has 5 nitrogen and oxygen atoms in total. The maximum atomic E-state index is 9.25. The Kier molecular flexibility index (Phi) is 5.95. The molecule has 0 atom stereocenters. The molecule has 2 heterocycles. The van der Waals surface area contributed by atoms with Crippen molar-refractivity contribution in [2.45, 2.75) is 34.5 Å². The Balaban J connectivity index is 1.45. The molecule has 0 fully saturated rings.